The van der Waals surface area contributed by atoms with Crippen LogP contribution in [0.15, 0.2) is 33.8 Å². The molecule has 0 saturated carbocycles. The summed E-state index contributed by atoms with van der Waals surface area (Å²) in [5, 5.41) is 13.5. The van der Waals surface area contributed by atoms with E-state index in [0.717, 1.165) is 10.0 Å². The molecule has 6 nitrogen and oxygen atoms in total. The van der Waals surface area contributed by atoms with Crippen LogP contribution in [0.4, 0.5) is 0 Å². The van der Waals surface area contributed by atoms with Crippen molar-refractivity contribution in [2.45, 2.75) is 0 Å². The van der Waals surface area contributed by atoms with Crippen LogP contribution in [0.3, 0.4) is 0 Å². The maximum Gasteiger partial charge on any atom is 0.311 e. The molecule has 0 heterocycles. The predicted molar refractivity (Wildman–Crippen MR) is 61.7 cm³/mol. The Hall–Kier alpha value is -1.76. The summed E-state index contributed by atoms with van der Waals surface area (Å²) >= 11 is 3.27. The molecule has 1 aromatic carbocycles. The van der Waals surface area contributed by atoms with Crippen molar-refractivity contribution in [2.24, 2.45) is 5.10 Å². The number of rotatable bonds is 4. The van der Waals surface area contributed by atoms with Crippen molar-refractivity contribution in [1.29, 1.82) is 0 Å². The summed E-state index contributed by atoms with van der Waals surface area (Å²) in [4.78, 5) is 20.1. The zero-order valence-electron chi connectivity index (χ0n) is 8.09. The van der Waals surface area contributed by atoms with Crippen LogP contribution in [0.1, 0.15) is 5.56 Å². The minimum Gasteiger partial charge on any atom is -0.265 e. The predicted octanol–water partition coefficient (Wildman–Crippen LogP) is 1.18. The number of carbonyl (C=O) groups excluding carboxylic acids is 1. The first-order valence-electron chi connectivity index (χ1n) is 4.27. The number of nitro groups is 1. The molecular formula is C9H8BrN3O3. The average Bonchev–Trinajstić information content (AvgIpc) is 2.20. The van der Waals surface area contributed by atoms with Crippen LogP contribution in [-0.4, -0.2) is 23.6 Å². The van der Waals surface area contributed by atoms with E-state index >= 15 is 0 Å². The SMILES string of the molecule is O=C(C[N+](=O)[O-])N/N=C\c1ccc(Br)cc1. The summed E-state index contributed by atoms with van der Waals surface area (Å²) in [6, 6.07) is 7.21. The van der Waals surface area contributed by atoms with Crippen molar-refractivity contribution >= 4 is 28.1 Å². The Balaban J connectivity index is 2.45. The highest BCUT2D eigenvalue weighted by Gasteiger charge is 2.06. The molecule has 1 N–H and O–H groups in total. The van der Waals surface area contributed by atoms with E-state index in [1.807, 2.05) is 12.1 Å². The van der Waals surface area contributed by atoms with Crippen molar-refractivity contribution < 1.29 is 9.72 Å². The lowest BCUT2D eigenvalue weighted by atomic mass is 10.2. The van der Waals surface area contributed by atoms with Gasteiger partial charge in [0, 0.05) is 9.40 Å². The molecule has 0 aromatic heterocycles. The van der Waals surface area contributed by atoms with E-state index in [0.29, 0.717) is 0 Å². The lowest BCUT2D eigenvalue weighted by molar-refractivity contribution is -0.467. The highest BCUT2D eigenvalue weighted by molar-refractivity contribution is 9.10. The number of benzene rings is 1. The Morgan fingerprint density at radius 3 is 2.69 bits per heavy atom. The van der Waals surface area contributed by atoms with Crippen LogP contribution in [-0.2, 0) is 4.79 Å². The number of hydrogen-bond donors (Lipinski definition) is 1. The summed E-state index contributed by atoms with van der Waals surface area (Å²) in [6.45, 7) is -0.780. The molecule has 0 spiro atoms. The van der Waals surface area contributed by atoms with Gasteiger partial charge >= 0.3 is 5.91 Å². The largest absolute Gasteiger partial charge is 0.311 e. The zero-order chi connectivity index (χ0) is 12.0. The molecule has 1 rings (SSSR count). The molecule has 16 heavy (non-hydrogen) atoms. The third-order valence-corrected chi connectivity index (χ3v) is 2.07. The molecule has 7 heteroatoms. The maximum absolute atomic E-state index is 10.8. The molecule has 1 aromatic rings. The quantitative estimate of drug-likeness (QED) is 0.512. The molecule has 0 aliphatic heterocycles. The third-order valence-electron chi connectivity index (χ3n) is 1.55. The number of hydrogen-bond acceptors (Lipinski definition) is 4. The molecule has 0 bridgehead atoms. The van der Waals surface area contributed by atoms with E-state index in [1.54, 1.807) is 12.1 Å². The second kappa shape index (κ2) is 5.96. The highest BCUT2D eigenvalue weighted by atomic mass is 79.9. The van der Waals surface area contributed by atoms with Crippen molar-refractivity contribution in [3.8, 4) is 0 Å². The molecule has 0 aliphatic carbocycles. The van der Waals surface area contributed by atoms with Crippen LogP contribution >= 0.6 is 15.9 Å². The van der Waals surface area contributed by atoms with Crippen molar-refractivity contribution in [2.75, 3.05) is 6.54 Å². The van der Waals surface area contributed by atoms with Crippen LogP contribution < -0.4 is 5.43 Å². The first-order chi connectivity index (χ1) is 7.58. The van der Waals surface area contributed by atoms with Crippen LogP contribution in [0.5, 0.6) is 0 Å². The number of carbonyl (C=O) groups is 1. The minimum atomic E-state index is -0.780. The van der Waals surface area contributed by atoms with Crippen molar-refractivity contribution in [3.05, 3.63) is 44.4 Å². The zero-order valence-corrected chi connectivity index (χ0v) is 9.68. The maximum atomic E-state index is 10.8. The first-order valence-corrected chi connectivity index (χ1v) is 5.06. The summed E-state index contributed by atoms with van der Waals surface area (Å²) in [6.07, 6.45) is 1.41. The summed E-state index contributed by atoms with van der Waals surface area (Å²) in [5.41, 5.74) is 2.84. The fourth-order valence-electron chi connectivity index (χ4n) is 0.880. The molecule has 0 unspecified atom stereocenters. The van der Waals surface area contributed by atoms with E-state index in [1.165, 1.54) is 6.21 Å². The van der Waals surface area contributed by atoms with E-state index < -0.39 is 17.4 Å². The molecule has 84 valence electrons. The van der Waals surface area contributed by atoms with E-state index in [4.69, 9.17) is 0 Å². The standard InChI is InChI=1S/C9H8BrN3O3/c10-8-3-1-7(2-4-8)5-11-12-9(14)6-13(15)16/h1-5H,6H2,(H,12,14)/b11-5-. The molecular weight excluding hydrogens is 278 g/mol. The molecule has 0 atom stereocenters. The molecule has 1 amide bonds. The Bertz CT molecular complexity index is 417. The number of halogens is 1. The normalized spacial score (nSPS) is 10.3. The van der Waals surface area contributed by atoms with Gasteiger partial charge in [0.2, 0.25) is 0 Å². The summed E-state index contributed by atoms with van der Waals surface area (Å²) in [7, 11) is 0. The van der Waals surface area contributed by atoms with Gasteiger partial charge in [0.25, 0.3) is 6.54 Å². The molecule has 0 saturated heterocycles. The van der Waals surface area contributed by atoms with E-state index in [9.17, 15) is 14.9 Å². The molecule has 0 aliphatic rings. The van der Waals surface area contributed by atoms with Gasteiger partial charge in [-0.2, -0.15) is 5.10 Å². The monoisotopic (exact) mass is 285 g/mol. The number of nitrogens with one attached hydrogen (secondary N) is 1. The van der Waals surface area contributed by atoms with Gasteiger partial charge in [-0.25, -0.2) is 5.43 Å². The van der Waals surface area contributed by atoms with Crippen LogP contribution in [0, 0.1) is 10.1 Å². The van der Waals surface area contributed by atoms with Gasteiger partial charge in [0.15, 0.2) is 0 Å². The number of hydrazone groups is 1. The Morgan fingerprint density at radius 2 is 2.12 bits per heavy atom. The van der Waals surface area contributed by atoms with Gasteiger partial charge in [-0.15, -0.1) is 0 Å². The first kappa shape index (κ1) is 12.3. The second-order valence-corrected chi connectivity index (χ2v) is 3.75. The third kappa shape index (κ3) is 4.65. The van der Waals surface area contributed by atoms with Gasteiger partial charge in [-0.1, -0.05) is 28.1 Å². The second-order valence-electron chi connectivity index (χ2n) is 2.84. The van der Waals surface area contributed by atoms with Crippen molar-refractivity contribution in [1.82, 2.24) is 5.43 Å². The lowest BCUT2D eigenvalue weighted by Crippen LogP contribution is -2.25. The Morgan fingerprint density at radius 1 is 1.50 bits per heavy atom. The minimum absolute atomic E-state index is 0.718. The highest BCUT2D eigenvalue weighted by Crippen LogP contribution is 2.08. The lowest BCUT2D eigenvalue weighted by Gasteiger charge is -1.95. The van der Waals surface area contributed by atoms with Crippen molar-refractivity contribution in [3.63, 3.8) is 0 Å². The van der Waals surface area contributed by atoms with Gasteiger partial charge < -0.3 is 0 Å². The summed E-state index contributed by atoms with van der Waals surface area (Å²) in [5.74, 6) is -0.752. The summed E-state index contributed by atoms with van der Waals surface area (Å²) < 4.78 is 0.932. The number of nitrogens with zero attached hydrogens (tertiary/aromatic N) is 2. The van der Waals surface area contributed by atoms with Crippen LogP contribution in [0.2, 0.25) is 0 Å². The van der Waals surface area contributed by atoms with Gasteiger partial charge in [-0.3, -0.25) is 14.9 Å². The number of amides is 1. The molecule has 0 fully saturated rings. The Labute approximate surface area is 99.6 Å². The average molecular weight is 286 g/mol. The topological polar surface area (TPSA) is 84.6 Å². The van der Waals surface area contributed by atoms with E-state index in [2.05, 4.69) is 26.5 Å². The van der Waals surface area contributed by atoms with Gasteiger partial charge in [0.1, 0.15) is 0 Å². The smallest absolute Gasteiger partial charge is 0.265 e. The Kier molecular flexibility index (Phi) is 4.59. The fourth-order valence-corrected chi connectivity index (χ4v) is 1.14. The fraction of sp³-hybridized carbons (Fsp3) is 0.111. The van der Waals surface area contributed by atoms with E-state index in [-0.39, 0.29) is 0 Å². The molecule has 0 radical (unpaired) electrons. The van der Waals surface area contributed by atoms with Gasteiger partial charge in [-0.05, 0) is 17.7 Å². The van der Waals surface area contributed by atoms with Gasteiger partial charge in [0.05, 0.1) is 6.21 Å². The van der Waals surface area contributed by atoms with Crippen LogP contribution in [0.25, 0.3) is 0 Å².